The number of amides is 1. The highest BCUT2D eigenvalue weighted by Gasteiger charge is 2.17. The molecule has 0 aliphatic rings. The fourth-order valence-corrected chi connectivity index (χ4v) is 3.00. The Kier molecular flexibility index (Phi) is 4.91. The van der Waals surface area contributed by atoms with Gasteiger partial charge >= 0.3 is 0 Å². The molecule has 128 valence electrons. The maximum Gasteiger partial charge on any atom is 0.252 e. The number of nitrogens with zero attached hydrogens (tertiary/aromatic N) is 1. The Hall–Kier alpha value is -2.59. The number of hydrogen-bond acceptors (Lipinski definition) is 3. The molecule has 0 fully saturated rings. The van der Waals surface area contributed by atoms with Gasteiger partial charge in [0.05, 0.1) is 18.8 Å². The van der Waals surface area contributed by atoms with Gasteiger partial charge < -0.3 is 10.1 Å². The van der Waals surface area contributed by atoms with Gasteiger partial charge in [0, 0.05) is 22.2 Å². The number of rotatable bonds is 4. The van der Waals surface area contributed by atoms with Crippen molar-refractivity contribution in [1.82, 2.24) is 10.3 Å². The molecule has 0 aliphatic heterocycles. The molecule has 5 heteroatoms. The molecule has 2 aromatic carbocycles. The first-order valence-corrected chi connectivity index (χ1v) is 8.37. The van der Waals surface area contributed by atoms with Gasteiger partial charge in [0.2, 0.25) is 0 Å². The van der Waals surface area contributed by atoms with Crippen molar-refractivity contribution < 1.29 is 9.53 Å². The second-order valence-electron chi connectivity index (χ2n) is 5.94. The quantitative estimate of drug-likeness (QED) is 0.739. The number of aryl methyl sites for hydroxylation is 1. The van der Waals surface area contributed by atoms with Crippen molar-refractivity contribution in [2.45, 2.75) is 19.9 Å². The molecule has 1 heterocycles. The van der Waals surface area contributed by atoms with Crippen LogP contribution in [-0.2, 0) is 0 Å². The van der Waals surface area contributed by atoms with Crippen molar-refractivity contribution in [2.24, 2.45) is 0 Å². The number of hydrogen-bond donors (Lipinski definition) is 1. The summed E-state index contributed by atoms with van der Waals surface area (Å²) in [6.45, 7) is 3.80. The zero-order chi connectivity index (χ0) is 18.0. The van der Waals surface area contributed by atoms with E-state index in [4.69, 9.17) is 16.3 Å². The average molecular weight is 355 g/mol. The zero-order valence-corrected chi connectivity index (χ0v) is 15.1. The summed E-state index contributed by atoms with van der Waals surface area (Å²) in [6.07, 6.45) is 1.75. The molecule has 1 N–H and O–H groups in total. The number of carbonyl (C=O) groups is 1. The Morgan fingerprint density at radius 2 is 2.00 bits per heavy atom. The van der Waals surface area contributed by atoms with Crippen LogP contribution in [0.4, 0.5) is 0 Å². The molecule has 25 heavy (non-hydrogen) atoms. The Bertz CT molecular complexity index is 940. The van der Waals surface area contributed by atoms with Gasteiger partial charge in [0.25, 0.3) is 5.91 Å². The van der Waals surface area contributed by atoms with Crippen LogP contribution in [0.5, 0.6) is 5.75 Å². The zero-order valence-electron chi connectivity index (χ0n) is 14.3. The van der Waals surface area contributed by atoms with Crippen LogP contribution >= 0.6 is 11.6 Å². The van der Waals surface area contributed by atoms with Gasteiger partial charge in [-0.1, -0.05) is 23.7 Å². The normalized spacial score (nSPS) is 12.0. The number of nitrogens with one attached hydrogen (secondary N) is 1. The maximum atomic E-state index is 12.6. The topological polar surface area (TPSA) is 51.2 Å². The molecule has 1 amide bonds. The van der Waals surface area contributed by atoms with Gasteiger partial charge in [0.1, 0.15) is 5.75 Å². The predicted octanol–water partition coefficient (Wildman–Crippen LogP) is 4.70. The Balaban J connectivity index is 1.93. The summed E-state index contributed by atoms with van der Waals surface area (Å²) < 4.78 is 5.31. The third kappa shape index (κ3) is 3.59. The first-order chi connectivity index (χ1) is 12.0. The second kappa shape index (κ2) is 7.11. The molecule has 4 nitrogen and oxygen atoms in total. The SMILES string of the molecule is COc1ccc2ccnc(C(C)NC(=O)c3cc(Cl)ccc3C)c2c1. The number of pyridine rings is 1. The van der Waals surface area contributed by atoms with Crippen molar-refractivity contribution in [3.05, 3.63) is 70.5 Å². The number of halogens is 1. The number of methoxy groups -OCH3 is 1. The largest absolute Gasteiger partial charge is 0.497 e. The van der Waals surface area contributed by atoms with E-state index < -0.39 is 0 Å². The minimum absolute atomic E-state index is 0.172. The van der Waals surface area contributed by atoms with Crippen molar-refractivity contribution in [1.29, 1.82) is 0 Å². The van der Waals surface area contributed by atoms with Gasteiger partial charge in [-0.05, 0) is 55.1 Å². The number of fused-ring (bicyclic) bond motifs is 1. The lowest BCUT2D eigenvalue weighted by molar-refractivity contribution is 0.0939. The van der Waals surface area contributed by atoms with Crippen LogP contribution in [0.15, 0.2) is 48.7 Å². The smallest absolute Gasteiger partial charge is 0.252 e. The Morgan fingerprint density at radius 3 is 2.76 bits per heavy atom. The van der Waals surface area contributed by atoms with E-state index in [0.29, 0.717) is 10.6 Å². The average Bonchev–Trinajstić information content (AvgIpc) is 2.62. The van der Waals surface area contributed by atoms with E-state index in [1.54, 1.807) is 25.4 Å². The fraction of sp³-hybridized carbons (Fsp3) is 0.200. The minimum atomic E-state index is -0.262. The van der Waals surface area contributed by atoms with E-state index >= 15 is 0 Å². The van der Waals surface area contributed by atoms with Crippen molar-refractivity contribution in [3.63, 3.8) is 0 Å². The van der Waals surface area contributed by atoms with Crippen molar-refractivity contribution in [3.8, 4) is 5.75 Å². The van der Waals surface area contributed by atoms with Gasteiger partial charge in [-0.25, -0.2) is 0 Å². The summed E-state index contributed by atoms with van der Waals surface area (Å²) in [5.74, 6) is 0.583. The first-order valence-electron chi connectivity index (χ1n) is 7.99. The van der Waals surface area contributed by atoms with Gasteiger partial charge in [-0.3, -0.25) is 9.78 Å². The lowest BCUT2D eigenvalue weighted by atomic mass is 10.0. The molecule has 1 atom stereocenters. The van der Waals surface area contributed by atoms with Crippen LogP contribution in [0.2, 0.25) is 5.02 Å². The number of benzene rings is 2. The molecule has 0 bridgehead atoms. The number of ether oxygens (including phenoxy) is 1. The molecule has 3 aromatic rings. The molecule has 1 aromatic heterocycles. The van der Waals surface area contributed by atoms with E-state index in [0.717, 1.165) is 27.8 Å². The highest BCUT2D eigenvalue weighted by Crippen LogP contribution is 2.26. The third-order valence-electron chi connectivity index (χ3n) is 4.21. The third-order valence-corrected chi connectivity index (χ3v) is 4.44. The van der Waals surface area contributed by atoms with E-state index in [9.17, 15) is 4.79 Å². The molecule has 1 unspecified atom stereocenters. The van der Waals surface area contributed by atoms with Crippen LogP contribution in [-0.4, -0.2) is 18.0 Å². The van der Waals surface area contributed by atoms with Crippen LogP contribution in [0.3, 0.4) is 0 Å². The highest BCUT2D eigenvalue weighted by atomic mass is 35.5. The summed E-state index contributed by atoms with van der Waals surface area (Å²) in [7, 11) is 1.63. The summed E-state index contributed by atoms with van der Waals surface area (Å²) in [5.41, 5.74) is 2.24. The summed E-state index contributed by atoms with van der Waals surface area (Å²) in [4.78, 5) is 17.1. The van der Waals surface area contributed by atoms with Crippen LogP contribution < -0.4 is 10.1 Å². The Labute approximate surface area is 151 Å². The standard InChI is InChI=1S/C20H19ClN2O2/c1-12-4-6-15(21)10-17(12)20(24)23-13(2)19-18-11-16(25-3)7-5-14(18)8-9-22-19/h4-11,13H,1-3H3,(H,23,24). The minimum Gasteiger partial charge on any atom is -0.497 e. The molecule has 3 rings (SSSR count). The van der Waals surface area contributed by atoms with Crippen LogP contribution in [0, 0.1) is 6.92 Å². The maximum absolute atomic E-state index is 12.6. The molecule has 0 spiro atoms. The van der Waals surface area contributed by atoms with Crippen molar-refractivity contribution >= 4 is 28.3 Å². The summed E-state index contributed by atoms with van der Waals surface area (Å²) in [5, 5.41) is 5.55. The van der Waals surface area contributed by atoms with Gasteiger partial charge in [-0.2, -0.15) is 0 Å². The number of carbonyl (C=O) groups excluding carboxylic acids is 1. The van der Waals surface area contributed by atoms with E-state index in [-0.39, 0.29) is 11.9 Å². The van der Waals surface area contributed by atoms with Gasteiger partial charge in [-0.15, -0.1) is 0 Å². The fourth-order valence-electron chi connectivity index (χ4n) is 2.82. The molecule has 0 saturated heterocycles. The van der Waals surface area contributed by atoms with Crippen molar-refractivity contribution in [2.75, 3.05) is 7.11 Å². The molecular weight excluding hydrogens is 336 g/mol. The van der Waals surface area contributed by atoms with E-state index in [1.165, 1.54) is 0 Å². The molecule has 0 aliphatic carbocycles. The van der Waals surface area contributed by atoms with E-state index in [1.807, 2.05) is 44.2 Å². The van der Waals surface area contributed by atoms with Gasteiger partial charge in [0.15, 0.2) is 0 Å². The second-order valence-corrected chi connectivity index (χ2v) is 6.37. The molecular formula is C20H19ClN2O2. The highest BCUT2D eigenvalue weighted by molar-refractivity contribution is 6.31. The predicted molar refractivity (Wildman–Crippen MR) is 100 cm³/mol. The van der Waals surface area contributed by atoms with E-state index in [2.05, 4.69) is 10.3 Å². The van der Waals surface area contributed by atoms with Crippen LogP contribution in [0.25, 0.3) is 10.8 Å². The Morgan fingerprint density at radius 1 is 1.20 bits per heavy atom. The lowest BCUT2D eigenvalue weighted by Gasteiger charge is -2.17. The summed E-state index contributed by atoms with van der Waals surface area (Å²) in [6, 6.07) is 12.8. The lowest BCUT2D eigenvalue weighted by Crippen LogP contribution is -2.28. The molecule has 0 radical (unpaired) electrons. The number of aromatic nitrogens is 1. The molecule has 0 saturated carbocycles. The van der Waals surface area contributed by atoms with Crippen LogP contribution in [0.1, 0.15) is 34.6 Å². The summed E-state index contributed by atoms with van der Waals surface area (Å²) >= 11 is 6.02. The monoisotopic (exact) mass is 354 g/mol. The first kappa shape index (κ1) is 17.2.